The third kappa shape index (κ3) is 4.95. The molecule has 0 fully saturated rings. The van der Waals surface area contributed by atoms with Crippen LogP contribution in [-0.2, 0) is 10.1 Å². The first-order valence-electron chi connectivity index (χ1n) is 6.09. The van der Waals surface area contributed by atoms with Crippen molar-refractivity contribution in [1.29, 1.82) is 0 Å². The molecule has 0 aromatic rings. The summed E-state index contributed by atoms with van der Waals surface area (Å²) < 4.78 is 29.9. The molecule has 0 saturated carbocycles. The van der Waals surface area contributed by atoms with Gasteiger partial charge >= 0.3 is 0 Å². The van der Waals surface area contributed by atoms with Crippen molar-refractivity contribution in [2.24, 2.45) is 0 Å². The van der Waals surface area contributed by atoms with E-state index in [1.807, 2.05) is 12.4 Å². The SMILES string of the molecule is CCCCN1C=CN(CCCS(=O)(=O)O)C1C. The van der Waals surface area contributed by atoms with Gasteiger partial charge in [-0.2, -0.15) is 8.42 Å². The molecule has 1 unspecified atom stereocenters. The summed E-state index contributed by atoms with van der Waals surface area (Å²) in [5.41, 5.74) is 0. The summed E-state index contributed by atoms with van der Waals surface area (Å²) in [6.45, 7) is 5.94. The Hall–Kier alpha value is -0.750. The van der Waals surface area contributed by atoms with E-state index in [1.165, 1.54) is 6.42 Å². The summed E-state index contributed by atoms with van der Waals surface area (Å²) in [6.07, 6.45) is 7.10. The van der Waals surface area contributed by atoms with Gasteiger partial charge in [0.05, 0.1) is 11.9 Å². The second-order valence-electron chi connectivity index (χ2n) is 4.40. The van der Waals surface area contributed by atoms with Crippen molar-refractivity contribution in [1.82, 2.24) is 9.80 Å². The predicted octanol–water partition coefficient (Wildman–Crippen LogP) is 1.50. The molecule has 5 nitrogen and oxygen atoms in total. The van der Waals surface area contributed by atoms with E-state index in [2.05, 4.69) is 23.6 Å². The molecule has 6 heteroatoms. The third-order valence-corrected chi connectivity index (χ3v) is 3.80. The molecule has 0 bridgehead atoms. The van der Waals surface area contributed by atoms with E-state index >= 15 is 0 Å². The van der Waals surface area contributed by atoms with E-state index in [1.54, 1.807) is 0 Å². The fourth-order valence-corrected chi connectivity index (χ4v) is 2.40. The van der Waals surface area contributed by atoms with Gasteiger partial charge in [0.2, 0.25) is 0 Å². The lowest BCUT2D eigenvalue weighted by Gasteiger charge is -2.29. The maximum absolute atomic E-state index is 10.6. The Labute approximate surface area is 104 Å². The summed E-state index contributed by atoms with van der Waals surface area (Å²) >= 11 is 0. The highest BCUT2D eigenvalue weighted by Crippen LogP contribution is 2.16. The van der Waals surface area contributed by atoms with Crippen molar-refractivity contribution in [3.05, 3.63) is 12.4 Å². The van der Waals surface area contributed by atoms with Crippen molar-refractivity contribution in [2.45, 2.75) is 39.3 Å². The largest absolute Gasteiger partial charge is 0.356 e. The Balaban J connectivity index is 2.30. The smallest absolute Gasteiger partial charge is 0.264 e. The van der Waals surface area contributed by atoms with Crippen molar-refractivity contribution in [2.75, 3.05) is 18.8 Å². The molecule has 0 spiro atoms. The molecule has 1 aliphatic heterocycles. The molecule has 1 aliphatic rings. The first-order chi connectivity index (χ1) is 7.94. The lowest BCUT2D eigenvalue weighted by atomic mass is 10.3. The fraction of sp³-hybridized carbons (Fsp3) is 0.818. The van der Waals surface area contributed by atoms with Crippen LogP contribution >= 0.6 is 0 Å². The van der Waals surface area contributed by atoms with Gasteiger partial charge in [0.15, 0.2) is 0 Å². The van der Waals surface area contributed by atoms with Crippen LogP contribution in [0.3, 0.4) is 0 Å². The monoisotopic (exact) mass is 262 g/mol. The second kappa shape index (κ2) is 6.26. The quantitative estimate of drug-likeness (QED) is 0.705. The molecule has 1 heterocycles. The normalized spacial score (nSPS) is 20.3. The molecule has 17 heavy (non-hydrogen) atoms. The van der Waals surface area contributed by atoms with Crippen LogP contribution in [0, 0.1) is 0 Å². The van der Waals surface area contributed by atoms with E-state index in [-0.39, 0.29) is 11.9 Å². The van der Waals surface area contributed by atoms with Crippen LogP contribution in [0.2, 0.25) is 0 Å². The molecular formula is C11H22N2O3S. The van der Waals surface area contributed by atoms with Crippen LogP contribution in [0.5, 0.6) is 0 Å². The zero-order valence-corrected chi connectivity index (χ0v) is 11.4. The molecule has 0 aliphatic carbocycles. The molecule has 0 amide bonds. The fourth-order valence-electron chi connectivity index (χ4n) is 1.90. The van der Waals surface area contributed by atoms with E-state index in [0.29, 0.717) is 13.0 Å². The minimum Gasteiger partial charge on any atom is -0.356 e. The number of hydrogen-bond donors (Lipinski definition) is 1. The molecule has 0 aromatic heterocycles. The van der Waals surface area contributed by atoms with Gasteiger partial charge in [0.25, 0.3) is 10.1 Å². The van der Waals surface area contributed by atoms with Crippen molar-refractivity contribution in [3.8, 4) is 0 Å². The van der Waals surface area contributed by atoms with Crippen LogP contribution in [-0.4, -0.2) is 47.8 Å². The Morgan fingerprint density at radius 2 is 1.71 bits per heavy atom. The summed E-state index contributed by atoms with van der Waals surface area (Å²) in [7, 11) is -3.83. The summed E-state index contributed by atoms with van der Waals surface area (Å²) in [5, 5.41) is 0. The van der Waals surface area contributed by atoms with Gasteiger partial charge < -0.3 is 9.80 Å². The van der Waals surface area contributed by atoms with Gasteiger partial charge in [-0.05, 0) is 19.8 Å². The maximum atomic E-state index is 10.6. The summed E-state index contributed by atoms with van der Waals surface area (Å²) in [5.74, 6) is -0.168. The highest BCUT2D eigenvalue weighted by atomic mass is 32.2. The standard InChI is InChI=1S/C11H22N2O3S/c1-3-4-6-12-8-9-13(11(12)2)7-5-10-17(14,15)16/h8-9,11H,3-7,10H2,1-2H3,(H,14,15,16). The lowest BCUT2D eigenvalue weighted by Crippen LogP contribution is -2.37. The number of rotatable bonds is 7. The average molecular weight is 262 g/mol. The van der Waals surface area contributed by atoms with E-state index in [0.717, 1.165) is 13.0 Å². The highest BCUT2D eigenvalue weighted by molar-refractivity contribution is 7.85. The average Bonchev–Trinajstić information content (AvgIpc) is 2.56. The predicted molar refractivity (Wildman–Crippen MR) is 68.0 cm³/mol. The van der Waals surface area contributed by atoms with Gasteiger partial charge in [-0.25, -0.2) is 0 Å². The van der Waals surface area contributed by atoms with E-state index in [9.17, 15) is 8.42 Å². The van der Waals surface area contributed by atoms with Crippen molar-refractivity contribution in [3.63, 3.8) is 0 Å². The van der Waals surface area contributed by atoms with Gasteiger partial charge in [-0.1, -0.05) is 13.3 Å². The Morgan fingerprint density at radius 1 is 1.18 bits per heavy atom. The number of nitrogens with zero attached hydrogens (tertiary/aromatic N) is 2. The summed E-state index contributed by atoms with van der Waals surface area (Å²) in [6, 6.07) is 0. The van der Waals surface area contributed by atoms with Crippen LogP contribution < -0.4 is 0 Å². The van der Waals surface area contributed by atoms with Crippen LogP contribution in [0.25, 0.3) is 0 Å². The Bertz CT molecular complexity index is 354. The number of unbranched alkanes of at least 4 members (excludes halogenated alkanes) is 1. The first-order valence-corrected chi connectivity index (χ1v) is 7.70. The van der Waals surface area contributed by atoms with Crippen LogP contribution in [0.15, 0.2) is 12.4 Å². The maximum Gasteiger partial charge on any atom is 0.264 e. The zero-order chi connectivity index (χ0) is 12.9. The molecule has 1 N–H and O–H groups in total. The van der Waals surface area contributed by atoms with Gasteiger partial charge in [0, 0.05) is 25.5 Å². The molecule has 0 aromatic carbocycles. The van der Waals surface area contributed by atoms with Crippen LogP contribution in [0.1, 0.15) is 33.1 Å². The second-order valence-corrected chi connectivity index (χ2v) is 5.97. The molecule has 0 radical (unpaired) electrons. The number of hydrogen-bond acceptors (Lipinski definition) is 4. The minimum absolute atomic E-state index is 0.168. The topological polar surface area (TPSA) is 60.9 Å². The Morgan fingerprint density at radius 3 is 2.18 bits per heavy atom. The zero-order valence-electron chi connectivity index (χ0n) is 10.5. The van der Waals surface area contributed by atoms with E-state index < -0.39 is 10.1 Å². The lowest BCUT2D eigenvalue weighted by molar-refractivity contribution is 0.168. The van der Waals surface area contributed by atoms with Crippen LogP contribution in [0.4, 0.5) is 0 Å². The Kier molecular flexibility index (Phi) is 5.27. The summed E-state index contributed by atoms with van der Waals surface area (Å²) in [4.78, 5) is 4.35. The first kappa shape index (κ1) is 14.3. The van der Waals surface area contributed by atoms with Crippen molar-refractivity contribution >= 4 is 10.1 Å². The van der Waals surface area contributed by atoms with E-state index in [4.69, 9.17) is 4.55 Å². The third-order valence-electron chi connectivity index (χ3n) is 3.00. The minimum atomic E-state index is -3.83. The van der Waals surface area contributed by atoms with Gasteiger partial charge in [-0.3, -0.25) is 4.55 Å². The molecule has 1 atom stereocenters. The molecular weight excluding hydrogens is 240 g/mol. The van der Waals surface area contributed by atoms with Gasteiger partial charge in [0.1, 0.15) is 0 Å². The molecule has 0 saturated heterocycles. The van der Waals surface area contributed by atoms with Gasteiger partial charge in [-0.15, -0.1) is 0 Å². The van der Waals surface area contributed by atoms with Crippen molar-refractivity contribution < 1.29 is 13.0 Å². The molecule has 100 valence electrons. The highest BCUT2D eigenvalue weighted by Gasteiger charge is 2.20. The molecule has 1 rings (SSSR count).